The van der Waals surface area contributed by atoms with Gasteiger partial charge in [-0.15, -0.1) is 0 Å². The molecule has 10 atom stereocenters. The summed E-state index contributed by atoms with van der Waals surface area (Å²) in [7, 11) is 0. The fourth-order valence-corrected chi connectivity index (χ4v) is 9.05. The highest BCUT2D eigenvalue weighted by Crippen LogP contribution is 2.70. The molecule has 1 saturated heterocycles. The van der Waals surface area contributed by atoms with Crippen molar-refractivity contribution in [2.24, 2.45) is 28.6 Å². The summed E-state index contributed by atoms with van der Waals surface area (Å²) in [6.45, 7) is 8.77. The Hall–Kier alpha value is -1.93. The summed E-state index contributed by atoms with van der Waals surface area (Å²) in [4.78, 5) is 36.4. The van der Waals surface area contributed by atoms with Crippen LogP contribution in [0.3, 0.4) is 0 Å². The number of esters is 3. The molecule has 36 heavy (non-hydrogen) atoms. The number of hydrogen-bond acceptors (Lipinski definition) is 8. The molecule has 1 heterocycles. The molecule has 0 aromatic rings. The normalized spacial score (nSPS) is 47.3. The first-order valence-electron chi connectivity index (χ1n) is 13.5. The molecule has 0 aromatic carbocycles. The third-order valence-corrected chi connectivity index (χ3v) is 10.4. The average molecular weight is 505 g/mol. The Balaban J connectivity index is 1.60. The molecule has 5 aliphatic rings. The third-order valence-electron chi connectivity index (χ3n) is 10.4. The molecule has 8 nitrogen and oxygen atoms in total. The number of carbonyl (C=O) groups excluding carboxylic acids is 3. The summed E-state index contributed by atoms with van der Waals surface area (Å²) in [6, 6.07) is 0. The Morgan fingerprint density at radius 3 is 2.22 bits per heavy atom. The van der Waals surface area contributed by atoms with Crippen molar-refractivity contribution in [1.29, 1.82) is 0 Å². The molecule has 4 fully saturated rings. The highest BCUT2D eigenvalue weighted by atomic mass is 16.6. The minimum absolute atomic E-state index is 0.0384. The fourth-order valence-electron chi connectivity index (χ4n) is 9.05. The van der Waals surface area contributed by atoms with Crippen molar-refractivity contribution >= 4 is 17.9 Å². The third kappa shape index (κ3) is 3.90. The summed E-state index contributed by atoms with van der Waals surface area (Å²) < 4.78 is 23.9. The standard InChI is InChI=1S/C28H40O8/c1-15(29)33-19-6-9-26(4)18(12-19)13-21(34-16(2)30)24-20-7-10-28(11-8-23(32)36-28)27(20,5)14-22(25(24)26)35-17(3)31/h13,19-25,32H,6-12,14H2,1-5H3/t19-,20-,21-,22+,23?,24+,25?,26-,27-,28?/m0/s1. The average Bonchev–Trinajstić information content (AvgIpc) is 3.27. The van der Waals surface area contributed by atoms with Crippen LogP contribution in [0.15, 0.2) is 11.6 Å². The molecule has 1 N–H and O–H groups in total. The van der Waals surface area contributed by atoms with Gasteiger partial charge in [0.05, 0.1) is 5.60 Å². The molecule has 8 heteroatoms. The van der Waals surface area contributed by atoms with Gasteiger partial charge in [0.1, 0.15) is 18.3 Å². The van der Waals surface area contributed by atoms with Crippen LogP contribution in [-0.2, 0) is 33.3 Å². The van der Waals surface area contributed by atoms with Crippen LogP contribution in [0, 0.1) is 28.6 Å². The van der Waals surface area contributed by atoms with E-state index in [4.69, 9.17) is 18.9 Å². The van der Waals surface area contributed by atoms with E-state index in [1.165, 1.54) is 20.8 Å². The molecule has 200 valence electrons. The van der Waals surface area contributed by atoms with Crippen molar-refractivity contribution in [3.8, 4) is 0 Å². The van der Waals surface area contributed by atoms with E-state index in [0.29, 0.717) is 19.3 Å². The van der Waals surface area contributed by atoms with Crippen LogP contribution in [-0.4, -0.2) is 53.2 Å². The number of aliphatic hydroxyl groups excluding tert-OH is 1. The van der Waals surface area contributed by atoms with Crippen LogP contribution in [0.5, 0.6) is 0 Å². The van der Waals surface area contributed by atoms with Crippen LogP contribution in [0.25, 0.3) is 0 Å². The lowest BCUT2D eigenvalue weighted by Crippen LogP contribution is -2.63. The second-order valence-electron chi connectivity index (χ2n) is 12.3. The molecule has 0 radical (unpaired) electrons. The zero-order chi connectivity index (χ0) is 26.0. The molecule has 1 aliphatic heterocycles. The Kier molecular flexibility index (Phi) is 6.30. The molecule has 1 spiro atoms. The van der Waals surface area contributed by atoms with Crippen LogP contribution >= 0.6 is 0 Å². The smallest absolute Gasteiger partial charge is 0.303 e. The number of rotatable bonds is 3. The van der Waals surface area contributed by atoms with Crippen LogP contribution in [0.2, 0.25) is 0 Å². The number of aliphatic hydroxyl groups is 1. The maximum absolute atomic E-state index is 12.4. The number of ether oxygens (including phenoxy) is 4. The maximum Gasteiger partial charge on any atom is 0.303 e. The number of carbonyl (C=O) groups is 3. The Bertz CT molecular complexity index is 975. The van der Waals surface area contributed by atoms with Gasteiger partial charge in [-0.2, -0.15) is 0 Å². The summed E-state index contributed by atoms with van der Waals surface area (Å²) in [6.07, 6.45) is 6.16. The van der Waals surface area contributed by atoms with Gasteiger partial charge < -0.3 is 24.1 Å². The predicted octanol–water partition coefficient (Wildman–Crippen LogP) is 3.83. The Morgan fingerprint density at radius 1 is 0.944 bits per heavy atom. The van der Waals surface area contributed by atoms with Crippen molar-refractivity contribution in [3.63, 3.8) is 0 Å². The Labute approximate surface area is 213 Å². The molecular formula is C28H40O8. The fraction of sp³-hybridized carbons (Fsp3) is 0.821. The van der Waals surface area contributed by atoms with Gasteiger partial charge in [-0.3, -0.25) is 14.4 Å². The predicted molar refractivity (Wildman–Crippen MR) is 128 cm³/mol. The van der Waals surface area contributed by atoms with E-state index >= 15 is 0 Å². The van der Waals surface area contributed by atoms with Gasteiger partial charge in [-0.25, -0.2) is 0 Å². The largest absolute Gasteiger partial charge is 0.462 e. The monoisotopic (exact) mass is 504 g/mol. The molecule has 0 amide bonds. The maximum atomic E-state index is 12.4. The van der Waals surface area contributed by atoms with E-state index in [1.807, 2.05) is 0 Å². The van der Waals surface area contributed by atoms with Crippen molar-refractivity contribution in [3.05, 3.63) is 11.6 Å². The first kappa shape index (κ1) is 25.7. The van der Waals surface area contributed by atoms with Crippen LogP contribution in [0.1, 0.15) is 86.0 Å². The Morgan fingerprint density at radius 2 is 1.61 bits per heavy atom. The van der Waals surface area contributed by atoms with Crippen LogP contribution < -0.4 is 0 Å². The molecule has 4 aliphatic carbocycles. The van der Waals surface area contributed by atoms with E-state index in [0.717, 1.165) is 37.7 Å². The zero-order valence-corrected chi connectivity index (χ0v) is 22.1. The van der Waals surface area contributed by atoms with Crippen molar-refractivity contribution in [1.82, 2.24) is 0 Å². The topological polar surface area (TPSA) is 108 Å². The molecular weight excluding hydrogens is 464 g/mol. The summed E-state index contributed by atoms with van der Waals surface area (Å²) in [5.41, 5.74) is 0.0407. The lowest BCUT2D eigenvalue weighted by atomic mass is 9.45. The van der Waals surface area contributed by atoms with E-state index in [9.17, 15) is 19.5 Å². The first-order valence-corrected chi connectivity index (χ1v) is 13.5. The van der Waals surface area contributed by atoms with Gasteiger partial charge in [0.25, 0.3) is 0 Å². The molecule has 5 rings (SSSR count). The summed E-state index contributed by atoms with van der Waals surface area (Å²) in [5, 5.41) is 10.3. The van der Waals surface area contributed by atoms with E-state index in [-0.39, 0.29) is 58.7 Å². The van der Waals surface area contributed by atoms with E-state index in [2.05, 4.69) is 19.9 Å². The van der Waals surface area contributed by atoms with Gasteiger partial charge >= 0.3 is 17.9 Å². The minimum atomic E-state index is -0.776. The second-order valence-corrected chi connectivity index (χ2v) is 12.3. The summed E-state index contributed by atoms with van der Waals surface area (Å²) in [5.74, 6) is -0.860. The molecule has 3 saturated carbocycles. The molecule has 0 aromatic heterocycles. The highest BCUT2D eigenvalue weighted by molar-refractivity contribution is 5.67. The molecule has 0 bridgehead atoms. The molecule has 3 unspecified atom stereocenters. The van der Waals surface area contributed by atoms with Gasteiger partial charge in [-0.1, -0.05) is 19.4 Å². The van der Waals surface area contributed by atoms with Crippen molar-refractivity contribution in [2.75, 3.05) is 0 Å². The van der Waals surface area contributed by atoms with Crippen LogP contribution in [0.4, 0.5) is 0 Å². The van der Waals surface area contributed by atoms with Gasteiger partial charge in [0.2, 0.25) is 0 Å². The number of hydrogen-bond donors (Lipinski definition) is 1. The SMILES string of the molecule is CC(=O)O[C@H]1CC[C@@]2(C)C(=C[C@H](OC(C)=O)[C@@H]3C2[C@H](OC(C)=O)C[C@@]2(C)[C@H]3CCC23CCC(O)O3)C1. The quantitative estimate of drug-likeness (QED) is 0.351. The highest BCUT2D eigenvalue weighted by Gasteiger charge is 2.70. The van der Waals surface area contributed by atoms with Gasteiger partial charge in [0.15, 0.2) is 6.29 Å². The lowest BCUT2D eigenvalue weighted by molar-refractivity contribution is -0.228. The number of fused-ring (bicyclic) bond motifs is 6. The van der Waals surface area contributed by atoms with E-state index in [1.54, 1.807) is 0 Å². The van der Waals surface area contributed by atoms with Gasteiger partial charge in [0, 0.05) is 50.9 Å². The van der Waals surface area contributed by atoms with E-state index < -0.39 is 18.0 Å². The minimum Gasteiger partial charge on any atom is -0.462 e. The van der Waals surface area contributed by atoms with Gasteiger partial charge in [-0.05, 0) is 55.9 Å². The lowest BCUT2D eigenvalue weighted by Gasteiger charge is -2.62. The van der Waals surface area contributed by atoms with Crippen molar-refractivity contribution in [2.45, 2.75) is 116 Å². The second kappa shape index (κ2) is 8.83. The summed E-state index contributed by atoms with van der Waals surface area (Å²) >= 11 is 0. The zero-order valence-electron chi connectivity index (χ0n) is 22.1. The van der Waals surface area contributed by atoms with Crippen molar-refractivity contribution < 1.29 is 38.4 Å². The first-order chi connectivity index (χ1) is 16.9.